The summed E-state index contributed by atoms with van der Waals surface area (Å²) in [4.78, 5) is 64.3. The van der Waals surface area contributed by atoms with Crippen LogP contribution < -0.4 is 20.7 Å². The van der Waals surface area contributed by atoms with Crippen molar-refractivity contribution >= 4 is 27.6 Å². The first-order chi connectivity index (χ1) is 27.7. The first-order valence-corrected chi connectivity index (χ1v) is 21.9. The molecule has 5 atom stereocenters. The second-order valence-corrected chi connectivity index (χ2v) is 16.7. The minimum atomic E-state index is -5.30. The number of aryl methyl sites for hydroxylation is 1. The highest BCUT2D eigenvalue weighted by molar-refractivity contribution is 7.61. The summed E-state index contributed by atoms with van der Waals surface area (Å²) >= 11 is 0. The molecule has 0 amide bonds. The quantitative estimate of drug-likeness (QED) is 0.0166. The average Bonchev–Trinajstić information content (AvgIpc) is 3.59. The molecule has 4 rings (SSSR count). The first kappa shape index (κ1) is 46.3. The predicted octanol–water partition coefficient (Wildman–Crippen LogP) is 7.85. The number of nitrogens with one attached hydrogen (secondary N) is 1. The van der Waals surface area contributed by atoms with Crippen molar-refractivity contribution in [2.45, 2.75) is 117 Å². The Morgan fingerprint density at radius 3 is 1.98 bits per heavy atom. The molecule has 21 heteroatoms. The number of carbonyl (C=O) groups is 2. The number of phosphoric acid groups is 2. The van der Waals surface area contributed by atoms with E-state index in [0.29, 0.717) is 17.5 Å². The van der Waals surface area contributed by atoms with Gasteiger partial charge in [0.15, 0.2) is 0 Å². The number of hydrogen-bond donors (Lipinski definition) is 2. The van der Waals surface area contributed by atoms with E-state index in [9.17, 15) is 33.2 Å². The van der Waals surface area contributed by atoms with Crippen molar-refractivity contribution in [2.24, 2.45) is 5.11 Å². The van der Waals surface area contributed by atoms with E-state index >= 15 is 0 Å². The van der Waals surface area contributed by atoms with Crippen molar-refractivity contribution in [1.82, 2.24) is 9.55 Å². The highest BCUT2D eigenvalue weighted by Gasteiger charge is 2.42. The molecule has 0 aliphatic carbocycles. The smallest absolute Gasteiger partial charge is 0.427 e. The summed E-state index contributed by atoms with van der Waals surface area (Å²) < 4.78 is 66.0. The van der Waals surface area contributed by atoms with Gasteiger partial charge in [-0.15, -0.1) is 0 Å². The second-order valence-electron chi connectivity index (χ2n) is 13.5. The van der Waals surface area contributed by atoms with Crippen molar-refractivity contribution < 1.29 is 55.7 Å². The zero-order valence-corrected chi connectivity index (χ0v) is 34.3. The Morgan fingerprint density at radius 2 is 1.43 bits per heavy atom. The van der Waals surface area contributed by atoms with Crippen molar-refractivity contribution in [2.75, 3.05) is 6.61 Å². The first-order valence-electron chi connectivity index (χ1n) is 18.9. The van der Waals surface area contributed by atoms with E-state index in [1.54, 1.807) is 0 Å². The number of unbranched alkanes of at least 4 members (excludes halogenated alkanes) is 5. The number of nitrogens with zero attached hydrogens (tertiary/aromatic N) is 4. The number of hydrogen-bond acceptors (Lipinski definition) is 14. The minimum Gasteiger partial charge on any atom is -0.427 e. The van der Waals surface area contributed by atoms with Gasteiger partial charge in [0.25, 0.3) is 5.56 Å². The van der Waals surface area contributed by atoms with Crippen LogP contribution in [0, 0.1) is 6.92 Å². The summed E-state index contributed by atoms with van der Waals surface area (Å²) in [6.07, 6.45) is 5.91. The number of esters is 2. The number of ether oxygens (including phenoxy) is 3. The van der Waals surface area contributed by atoms with Gasteiger partial charge in [0.05, 0.1) is 32.0 Å². The van der Waals surface area contributed by atoms with Gasteiger partial charge in [0.1, 0.15) is 17.7 Å². The Balaban J connectivity index is 1.43. The number of aromatic nitrogens is 2. The summed E-state index contributed by atoms with van der Waals surface area (Å²) in [5.41, 5.74) is 8.75. The van der Waals surface area contributed by atoms with Crippen LogP contribution >= 0.6 is 15.6 Å². The highest BCUT2D eigenvalue weighted by Crippen LogP contribution is 2.64. The van der Waals surface area contributed by atoms with Crippen LogP contribution in [0.2, 0.25) is 0 Å². The number of aromatic amines is 1. The Hall–Kier alpha value is -4.41. The third-order valence-electron chi connectivity index (χ3n) is 8.77. The molecule has 0 radical (unpaired) electrons. The lowest BCUT2D eigenvalue weighted by atomic mass is 10.1. The van der Waals surface area contributed by atoms with E-state index in [0.717, 1.165) is 43.1 Å². The molecule has 19 nitrogen and oxygen atoms in total. The third-order valence-corrected chi connectivity index (χ3v) is 11.8. The Morgan fingerprint density at radius 1 is 0.879 bits per heavy atom. The van der Waals surface area contributed by atoms with E-state index in [2.05, 4.69) is 21.9 Å². The molecule has 1 saturated heterocycles. The average molecular weight is 850 g/mol. The maximum absolute atomic E-state index is 14.0. The largest absolute Gasteiger partial charge is 0.484 e. The van der Waals surface area contributed by atoms with Gasteiger partial charge in [0.2, 0.25) is 0 Å². The lowest BCUT2D eigenvalue weighted by molar-refractivity contribution is -0.135. The molecule has 0 spiro atoms. The molecular weight excluding hydrogens is 800 g/mol. The summed E-state index contributed by atoms with van der Waals surface area (Å²) in [5.74, 6) is -0.227. The van der Waals surface area contributed by atoms with Crippen LogP contribution in [0.1, 0.15) is 101 Å². The van der Waals surface area contributed by atoms with Gasteiger partial charge in [-0.3, -0.25) is 37.5 Å². The number of carbonyl (C=O) groups excluding carboxylic acids is 2. The highest BCUT2D eigenvalue weighted by atomic mass is 31.3. The SMILES string of the molecule is CCCCCCCC(=O)Oc1ccc(COP(=O)(OCc2ccc(OC(=O)CCCC)cc2)OP(=O)(O)OC[C@H]2O[C@@H](n3cc(C)c(=O)[nH]c3=O)C[C@@H]2N=[N+]=[N-])cc1. The molecular formula is C37H49N5O14P2. The monoisotopic (exact) mass is 849 g/mol. The van der Waals surface area contributed by atoms with Crippen molar-refractivity contribution in [3.63, 3.8) is 0 Å². The molecule has 1 aliphatic heterocycles. The van der Waals surface area contributed by atoms with Gasteiger partial charge in [-0.25, -0.2) is 13.9 Å². The standard InChI is InChI=1S/C37H49N5O14P2/c1-4-6-8-9-10-12-35(44)54-30-19-15-28(16-20-30)24-52-58(49,51-23-27-13-17-29(18-14-27)53-34(43)11-7-5-2)56-57(47,48)50-25-32-31(40-41-38)21-33(55-32)42-22-26(3)36(45)39-37(42)46/h13-20,22,31-33H,4-12,21,23-25H2,1-3H3,(H,47,48)(H,39,45,46)/t31-,32+,33+,58?/m0/s1. The lowest BCUT2D eigenvalue weighted by Gasteiger charge is -2.22. The van der Waals surface area contributed by atoms with Gasteiger partial charge < -0.3 is 19.1 Å². The number of rotatable bonds is 24. The van der Waals surface area contributed by atoms with Crippen molar-refractivity contribution in [3.05, 3.63) is 103 Å². The van der Waals surface area contributed by atoms with E-state index in [-0.39, 0.29) is 42.3 Å². The zero-order chi connectivity index (χ0) is 42.1. The van der Waals surface area contributed by atoms with Crippen LogP contribution in [0.15, 0.2) is 69.4 Å². The van der Waals surface area contributed by atoms with Crippen LogP contribution in [-0.2, 0) is 54.6 Å². The topological polar surface area (TPSA) is 257 Å². The van der Waals surface area contributed by atoms with E-state index in [1.807, 2.05) is 6.92 Å². The maximum Gasteiger partial charge on any atom is 0.484 e. The molecule has 2 heterocycles. The van der Waals surface area contributed by atoms with Crippen LogP contribution in [0.25, 0.3) is 10.4 Å². The number of benzene rings is 2. The zero-order valence-electron chi connectivity index (χ0n) is 32.6. The van der Waals surface area contributed by atoms with Gasteiger partial charge >= 0.3 is 33.3 Å². The Bertz CT molecular complexity index is 2090. The second kappa shape index (κ2) is 22.7. The summed E-state index contributed by atoms with van der Waals surface area (Å²) in [5, 5.41) is 3.65. The molecule has 3 aromatic rings. The predicted molar refractivity (Wildman–Crippen MR) is 209 cm³/mol. The fourth-order valence-corrected chi connectivity index (χ4v) is 8.20. The molecule has 316 valence electrons. The summed E-state index contributed by atoms with van der Waals surface area (Å²) in [6.45, 7) is 3.90. The molecule has 2 aromatic carbocycles. The fourth-order valence-electron chi connectivity index (χ4n) is 5.60. The van der Waals surface area contributed by atoms with Gasteiger partial charge in [-0.2, -0.15) is 4.31 Å². The third kappa shape index (κ3) is 15.1. The van der Waals surface area contributed by atoms with Crippen molar-refractivity contribution in [1.29, 1.82) is 0 Å². The molecule has 0 saturated carbocycles. The van der Waals surface area contributed by atoms with Gasteiger partial charge in [0, 0.05) is 35.9 Å². The molecule has 1 aromatic heterocycles. The van der Waals surface area contributed by atoms with E-state index in [1.165, 1.54) is 61.7 Å². The van der Waals surface area contributed by atoms with E-state index in [4.69, 9.17) is 37.6 Å². The lowest BCUT2D eigenvalue weighted by Crippen LogP contribution is -2.33. The van der Waals surface area contributed by atoms with E-state index < -0.39 is 71.1 Å². The molecule has 58 heavy (non-hydrogen) atoms. The van der Waals surface area contributed by atoms with Crippen molar-refractivity contribution in [3.8, 4) is 11.5 Å². The molecule has 2 unspecified atom stereocenters. The van der Waals surface area contributed by atoms with Crippen LogP contribution in [0.5, 0.6) is 11.5 Å². The normalized spacial score (nSPS) is 18.4. The Labute approximate surface area is 334 Å². The molecule has 2 N–H and O–H groups in total. The summed E-state index contributed by atoms with van der Waals surface area (Å²) in [7, 11) is -10.3. The van der Waals surface area contributed by atoms with Crippen LogP contribution in [0.3, 0.4) is 0 Å². The fraction of sp³-hybridized carbons (Fsp3) is 0.514. The van der Waals surface area contributed by atoms with Crippen LogP contribution in [0.4, 0.5) is 0 Å². The van der Waals surface area contributed by atoms with Gasteiger partial charge in [-0.05, 0) is 60.7 Å². The number of azide groups is 1. The molecule has 1 aliphatic rings. The Kier molecular flexibility index (Phi) is 18.1. The number of H-pyrrole nitrogens is 1. The van der Waals surface area contributed by atoms with Gasteiger partial charge in [-0.1, -0.05) is 75.3 Å². The molecule has 0 bridgehead atoms. The maximum atomic E-state index is 14.0. The summed E-state index contributed by atoms with van der Waals surface area (Å²) in [6, 6.07) is 11.1. The number of phosphoric ester groups is 2. The molecule has 1 fully saturated rings. The minimum absolute atomic E-state index is 0.0570. The van der Waals surface area contributed by atoms with Crippen LogP contribution in [-0.4, -0.2) is 45.1 Å².